The molecule has 0 aliphatic carbocycles. The van der Waals surface area contributed by atoms with E-state index in [1.807, 2.05) is 18.2 Å². The molecule has 0 amide bonds. The fourth-order valence-corrected chi connectivity index (χ4v) is 1.75. The van der Waals surface area contributed by atoms with E-state index < -0.39 is 0 Å². The van der Waals surface area contributed by atoms with Crippen LogP contribution < -0.4 is 10.1 Å². The van der Waals surface area contributed by atoms with Gasteiger partial charge in [-0.25, -0.2) is 0 Å². The summed E-state index contributed by atoms with van der Waals surface area (Å²) < 4.78 is 10.6. The highest BCUT2D eigenvalue weighted by Crippen LogP contribution is 2.10. The summed E-state index contributed by atoms with van der Waals surface area (Å²) in [4.78, 5) is 4.36. The standard InChI is InChI=1S/C16H26N2O2/c1-3-4-5-6-7-11-20-16-9-8-15(18-14-16)13-17-10-12-19-2/h3,8-9,14,17H,1,4-7,10-13H2,2H3. The minimum atomic E-state index is 0.715. The first-order chi connectivity index (χ1) is 9.86. The number of aromatic nitrogens is 1. The second kappa shape index (κ2) is 11.4. The number of nitrogens with one attached hydrogen (secondary N) is 1. The summed E-state index contributed by atoms with van der Waals surface area (Å²) in [5, 5.41) is 3.26. The molecular weight excluding hydrogens is 252 g/mol. The van der Waals surface area contributed by atoms with Gasteiger partial charge in [0.2, 0.25) is 0 Å². The molecule has 0 radical (unpaired) electrons. The number of methoxy groups -OCH3 is 1. The molecule has 0 atom stereocenters. The van der Waals surface area contributed by atoms with E-state index in [9.17, 15) is 0 Å². The average molecular weight is 278 g/mol. The van der Waals surface area contributed by atoms with Crippen molar-refractivity contribution in [2.45, 2.75) is 32.2 Å². The number of hydrogen-bond acceptors (Lipinski definition) is 4. The highest BCUT2D eigenvalue weighted by Gasteiger charge is 1.97. The van der Waals surface area contributed by atoms with Gasteiger partial charge in [-0.1, -0.05) is 6.08 Å². The number of rotatable bonds is 12. The number of pyridine rings is 1. The van der Waals surface area contributed by atoms with Crippen LogP contribution in [0.15, 0.2) is 31.0 Å². The molecule has 1 rings (SSSR count). The molecule has 1 aromatic rings. The summed E-state index contributed by atoms with van der Waals surface area (Å²) in [6.45, 7) is 6.77. The molecule has 4 heteroatoms. The van der Waals surface area contributed by atoms with Gasteiger partial charge in [0.25, 0.3) is 0 Å². The van der Waals surface area contributed by atoms with Gasteiger partial charge in [-0.2, -0.15) is 0 Å². The van der Waals surface area contributed by atoms with E-state index in [0.717, 1.165) is 44.0 Å². The molecule has 0 aliphatic rings. The van der Waals surface area contributed by atoms with E-state index in [1.54, 1.807) is 13.3 Å². The van der Waals surface area contributed by atoms with Gasteiger partial charge in [0, 0.05) is 20.2 Å². The van der Waals surface area contributed by atoms with Crippen LogP contribution in [0, 0.1) is 0 Å². The molecular formula is C16H26N2O2. The van der Waals surface area contributed by atoms with E-state index >= 15 is 0 Å². The lowest BCUT2D eigenvalue weighted by molar-refractivity contribution is 0.199. The quantitative estimate of drug-likeness (QED) is 0.471. The van der Waals surface area contributed by atoms with E-state index in [2.05, 4.69) is 16.9 Å². The van der Waals surface area contributed by atoms with Crippen molar-refractivity contribution in [3.05, 3.63) is 36.7 Å². The molecule has 0 bridgehead atoms. The van der Waals surface area contributed by atoms with E-state index in [-0.39, 0.29) is 0 Å². The first kappa shape index (κ1) is 16.7. The zero-order valence-corrected chi connectivity index (χ0v) is 12.4. The average Bonchev–Trinajstić information content (AvgIpc) is 2.49. The lowest BCUT2D eigenvalue weighted by atomic mass is 10.2. The Hall–Kier alpha value is -1.39. The Morgan fingerprint density at radius 2 is 2.15 bits per heavy atom. The molecule has 112 valence electrons. The lowest BCUT2D eigenvalue weighted by Crippen LogP contribution is -2.19. The normalized spacial score (nSPS) is 10.4. The Morgan fingerprint density at radius 1 is 1.25 bits per heavy atom. The molecule has 0 aliphatic heterocycles. The van der Waals surface area contributed by atoms with E-state index in [0.29, 0.717) is 6.61 Å². The van der Waals surface area contributed by atoms with Crippen LogP contribution in [0.5, 0.6) is 5.75 Å². The molecule has 1 heterocycles. The maximum Gasteiger partial charge on any atom is 0.137 e. The van der Waals surface area contributed by atoms with Gasteiger partial charge in [-0.05, 0) is 37.8 Å². The van der Waals surface area contributed by atoms with Gasteiger partial charge in [0.1, 0.15) is 5.75 Å². The Labute approximate surface area is 122 Å². The van der Waals surface area contributed by atoms with E-state index in [4.69, 9.17) is 9.47 Å². The zero-order valence-electron chi connectivity index (χ0n) is 12.4. The second-order valence-corrected chi connectivity index (χ2v) is 4.64. The van der Waals surface area contributed by atoms with Crippen LogP contribution in [-0.4, -0.2) is 31.9 Å². The molecule has 0 saturated heterocycles. The van der Waals surface area contributed by atoms with Crippen molar-refractivity contribution < 1.29 is 9.47 Å². The molecule has 0 saturated carbocycles. The largest absolute Gasteiger partial charge is 0.492 e. The number of ether oxygens (including phenoxy) is 2. The van der Waals surface area contributed by atoms with Crippen LogP contribution in [0.1, 0.15) is 31.4 Å². The van der Waals surface area contributed by atoms with Crippen LogP contribution in [0.25, 0.3) is 0 Å². The van der Waals surface area contributed by atoms with Crippen LogP contribution in [0.2, 0.25) is 0 Å². The molecule has 0 unspecified atom stereocenters. The Bertz CT molecular complexity index is 352. The van der Waals surface area contributed by atoms with Crippen molar-refractivity contribution in [1.29, 1.82) is 0 Å². The molecule has 0 aromatic carbocycles. The molecule has 20 heavy (non-hydrogen) atoms. The Balaban J connectivity index is 2.13. The summed E-state index contributed by atoms with van der Waals surface area (Å²) in [5.41, 5.74) is 1.01. The van der Waals surface area contributed by atoms with Crippen molar-refractivity contribution in [2.24, 2.45) is 0 Å². The number of nitrogens with zero attached hydrogens (tertiary/aromatic N) is 1. The SMILES string of the molecule is C=CCCCCCOc1ccc(CNCCOC)nc1. The molecule has 0 spiro atoms. The highest BCUT2D eigenvalue weighted by molar-refractivity contribution is 5.19. The monoisotopic (exact) mass is 278 g/mol. The minimum Gasteiger partial charge on any atom is -0.492 e. The van der Waals surface area contributed by atoms with Gasteiger partial charge in [-0.15, -0.1) is 6.58 Å². The van der Waals surface area contributed by atoms with Crippen LogP contribution in [-0.2, 0) is 11.3 Å². The molecule has 1 N–H and O–H groups in total. The maximum absolute atomic E-state index is 5.66. The lowest BCUT2D eigenvalue weighted by Gasteiger charge is -2.07. The second-order valence-electron chi connectivity index (χ2n) is 4.64. The summed E-state index contributed by atoms with van der Waals surface area (Å²) in [6, 6.07) is 3.97. The third kappa shape index (κ3) is 7.92. The fourth-order valence-electron chi connectivity index (χ4n) is 1.75. The number of allylic oxidation sites excluding steroid dienone is 1. The summed E-state index contributed by atoms with van der Waals surface area (Å²) in [7, 11) is 1.70. The number of unbranched alkanes of at least 4 members (excludes halogenated alkanes) is 3. The van der Waals surface area contributed by atoms with Gasteiger partial charge >= 0.3 is 0 Å². The summed E-state index contributed by atoms with van der Waals surface area (Å²) in [5.74, 6) is 0.842. The van der Waals surface area contributed by atoms with Crippen LogP contribution >= 0.6 is 0 Å². The third-order valence-corrected chi connectivity index (χ3v) is 2.91. The topological polar surface area (TPSA) is 43.4 Å². The zero-order chi connectivity index (χ0) is 14.5. The molecule has 4 nitrogen and oxygen atoms in total. The predicted octanol–water partition coefficient (Wildman–Crippen LogP) is 2.94. The highest BCUT2D eigenvalue weighted by atomic mass is 16.5. The molecule has 0 fully saturated rings. The number of hydrogen-bond donors (Lipinski definition) is 1. The van der Waals surface area contributed by atoms with Gasteiger partial charge in [0.15, 0.2) is 0 Å². The first-order valence-corrected chi connectivity index (χ1v) is 7.25. The van der Waals surface area contributed by atoms with Gasteiger partial charge < -0.3 is 14.8 Å². The van der Waals surface area contributed by atoms with Gasteiger partial charge in [0.05, 0.1) is 25.1 Å². The Morgan fingerprint density at radius 3 is 2.85 bits per heavy atom. The van der Waals surface area contributed by atoms with Crippen LogP contribution in [0.3, 0.4) is 0 Å². The van der Waals surface area contributed by atoms with Crippen molar-refractivity contribution >= 4 is 0 Å². The smallest absolute Gasteiger partial charge is 0.137 e. The van der Waals surface area contributed by atoms with Crippen molar-refractivity contribution in [1.82, 2.24) is 10.3 Å². The fraction of sp³-hybridized carbons (Fsp3) is 0.562. The summed E-state index contributed by atoms with van der Waals surface area (Å²) in [6.07, 6.45) is 8.29. The Kier molecular flexibility index (Phi) is 9.53. The van der Waals surface area contributed by atoms with Crippen molar-refractivity contribution in [3.8, 4) is 5.75 Å². The first-order valence-electron chi connectivity index (χ1n) is 7.25. The van der Waals surface area contributed by atoms with E-state index in [1.165, 1.54) is 12.8 Å². The van der Waals surface area contributed by atoms with Crippen molar-refractivity contribution in [3.63, 3.8) is 0 Å². The third-order valence-electron chi connectivity index (χ3n) is 2.91. The maximum atomic E-state index is 5.66. The van der Waals surface area contributed by atoms with Crippen molar-refractivity contribution in [2.75, 3.05) is 26.9 Å². The minimum absolute atomic E-state index is 0.715. The predicted molar refractivity (Wildman–Crippen MR) is 82.0 cm³/mol. The van der Waals surface area contributed by atoms with Gasteiger partial charge in [-0.3, -0.25) is 4.98 Å². The molecule has 1 aromatic heterocycles. The summed E-state index contributed by atoms with van der Waals surface area (Å²) >= 11 is 0. The van der Waals surface area contributed by atoms with Crippen LogP contribution in [0.4, 0.5) is 0 Å².